The number of sulfonamides is 1. The first-order valence-electron chi connectivity index (χ1n) is 12.3. The topological polar surface area (TPSA) is 67.2 Å². The molecule has 3 aromatic rings. The van der Waals surface area contributed by atoms with Crippen LogP contribution in [0.2, 0.25) is 0 Å². The molecule has 2 fully saturated rings. The van der Waals surface area contributed by atoms with Gasteiger partial charge < -0.3 is 9.47 Å². The number of fused-ring (bicyclic) bond motifs is 1. The van der Waals surface area contributed by atoms with Gasteiger partial charge in [0.2, 0.25) is 0 Å². The van der Waals surface area contributed by atoms with E-state index >= 15 is 0 Å². The third-order valence-electron chi connectivity index (χ3n) is 7.33. The van der Waals surface area contributed by atoms with Gasteiger partial charge in [-0.05, 0) is 82.1 Å². The van der Waals surface area contributed by atoms with E-state index in [-0.39, 0.29) is 4.90 Å². The van der Waals surface area contributed by atoms with Gasteiger partial charge in [-0.1, -0.05) is 37.5 Å². The summed E-state index contributed by atoms with van der Waals surface area (Å²) in [6.45, 7) is 3.21. The summed E-state index contributed by atoms with van der Waals surface area (Å²) in [5.41, 5.74) is 2.56. The minimum absolute atomic E-state index is 0.264. The molecule has 1 aromatic heterocycles. The molecule has 0 atom stereocenters. The molecule has 6 nitrogen and oxygen atoms in total. The van der Waals surface area contributed by atoms with Crippen LogP contribution in [-0.2, 0) is 16.6 Å². The van der Waals surface area contributed by atoms with Gasteiger partial charge in [-0.3, -0.25) is 4.72 Å². The fraction of sp³-hybridized carbons (Fsp3) is 0.500. The molecule has 2 aliphatic rings. The average molecular weight is 467 g/mol. The molecule has 2 heterocycles. The fourth-order valence-corrected chi connectivity index (χ4v) is 6.49. The van der Waals surface area contributed by atoms with Gasteiger partial charge in [0.25, 0.3) is 10.0 Å². The van der Waals surface area contributed by atoms with Gasteiger partial charge in [0, 0.05) is 12.5 Å². The number of hydrogen-bond donors (Lipinski definition) is 1. The Labute approximate surface area is 197 Å². The minimum Gasteiger partial charge on any atom is -0.327 e. The van der Waals surface area contributed by atoms with E-state index in [1.165, 1.54) is 37.9 Å². The zero-order chi connectivity index (χ0) is 22.8. The molecular formula is C26H34N4O2S. The number of nitrogens with one attached hydrogen (secondary N) is 1. The molecule has 33 heavy (non-hydrogen) atoms. The van der Waals surface area contributed by atoms with Crippen LogP contribution >= 0.6 is 0 Å². The van der Waals surface area contributed by atoms with Crippen LogP contribution in [0, 0.1) is 5.92 Å². The second-order valence-corrected chi connectivity index (χ2v) is 11.5. The number of likely N-dealkylation sites (tertiary alicyclic amines) is 1. The average Bonchev–Trinajstić information content (AvgIpc) is 3.18. The lowest BCUT2D eigenvalue weighted by molar-refractivity contribution is 0.245. The predicted molar refractivity (Wildman–Crippen MR) is 133 cm³/mol. The van der Waals surface area contributed by atoms with Crippen molar-refractivity contribution in [2.24, 2.45) is 5.92 Å². The number of aromatic nitrogens is 2. The summed E-state index contributed by atoms with van der Waals surface area (Å²) >= 11 is 0. The molecule has 1 N–H and O–H groups in total. The van der Waals surface area contributed by atoms with Crippen molar-refractivity contribution in [1.82, 2.24) is 14.5 Å². The normalized spacial score (nSPS) is 19.2. The quantitative estimate of drug-likeness (QED) is 0.540. The van der Waals surface area contributed by atoms with Crippen LogP contribution in [0.4, 0.5) is 5.69 Å². The Balaban J connectivity index is 1.48. The number of imidazole rings is 1. The Morgan fingerprint density at radius 3 is 2.42 bits per heavy atom. The number of nitrogens with zero attached hydrogens (tertiary/aromatic N) is 3. The van der Waals surface area contributed by atoms with E-state index in [2.05, 4.69) is 21.2 Å². The zero-order valence-electron chi connectivity index (χ0n) is 19.4. The van der Waals surface area contributed by atoms with Crippen LogP contribution in [0.25, 0.3) is 11.0 Å². The second-order valence-electron chi connectivity index (χ2n) is 9.78. The molecule has 1 aliphatic heterocycles. The van der Waals surface area contributed by atoms with E-state index in [1.54, 1.807) is 24.3 Å². The summed E-state index contributed by atoms with van der Waals surface area (Å²) < 4.78 is 30.8. The summed E-state index contributed by atoms with van der Waals surface area (Å²) in [5, 5.41) is 0. The SMILES string of the molecule is CN1CCC(c2nc3cc(NS(=O)(=O)c4ccccc4)ccc3n2CC2CCCCC2)CC1. The van der Waals surface area contributed by atoms with Crippen LogP contribution in [0.3, 0.4) is 0 Å². The maximum Gasteiger partial charge on any atom is 0.261 e. The summed E-state index contributed by atoms with van der Waals surface area (Å²) in [6.07, 6.45) is 8.84. The Bertz CT molecular complexity index is 1190. The molecule has 0 radical (unpaired) electrons. The number of hydrogen-bond acceptors (Lipinski definition) is 4. The standard InChI is InChI=1S/C26H34N4O2S/c1-29-16-14-21(15-17-29)26-27-24-18-22(28-33(31,32)23-10-6-3-7-11-23)12-13-25(24)30(26)19-20-8-4-2-5-9-20/h3,6-7,10-13,18,20-21,28H,2,4-5,8-9,14-17,19H2,1H3. The van der Waals surface area contributed by atoms with E-state index in [0.29, 0.717) is 17.5 Å². The third-order valence-corrected chi connectivity index (χ3v) is 8.73. The Kier molecular flexibility index (Phi) is 6.43. The molecule has 5 rings (SSSR count). The number of piperidine rings is 1. The van der Waals surface area contributed by atoms with Crippen LogP contribution in [0.5, 0.6) is 0 Å². The molecular weight excluding hydrogens is 432 g/mol. The Morgan fingerprint density at radius 2 is 1.70 bits per heavy atom. The molecule has 1 saturated heterocycles. The zero-order valence-corrected chi connectivity index (χ0v) is 20.2. The van der Waals surface area contributed by atoms with E-state index in [4.69, 9.17) is 4.98 Å². The molecule has 0 spiro atoms. The first-order valence-corrected chi connectivity index (χ1v) is 13.7. The van der Waals surface area contributed by atoms with Gasteiger partial charge in [0.15, 0.2) is 0 Å². The van der Waals surface area contributed by atoms with Gasteiger partial charge in [0.1, 0.15) is 5.82 Å². The fourth-order valence-electron chi connectivity index (χ4n) is 5.42. The lowest BCUT2D eigenvalue weighted by Gasteiger charge is -2.30. The number of rotatable bonds is 6. The van der Waals surface area contributed by atoms with E-state index in [9.17, 15) is 8.42 Å². The van der Waals surface area contributed by atoms with E-state index in [0.717, 1.165) is 43.5 Å². The van der Waals surface area contributed by atoms with Crippen molar-refractivity contribution in [3.63, 3.8) is 0 Å². The van der Waals surface area contributed by atoms with Crippen molar-refractivity contribution >= 4 is 26.7 Å². The first kappa shape index (κ1) is 22.4. The van der Waals surface area contributed by atoms with Crippen molar-refractivity contribution in [3.05, 3.63) is 54.4 Å². The molecule has 0 bridgehead atoms. The molecule has 0 amide bonds. The highest BCUT2D eigenvalue weighted by atomic mass is 32.2. The van der Waals surface area contributed by atoms with Gasteiger partial charge in [0.05, 0.1) is 21.6 Å². The van der Waals surface area contributed by atoms with Gasteiger partial charge in [-0.25, -0.2) is 13.4 Å². The molecule has 1 aliphatic carbocycles. The van der Waals surface area contributed by atoms with Crippen LogP contribution in [0.1, 0.15) is 56.7 Å². The molecule has 0 unspecified atom stereocenters. The first-order chi connectivity index (χ1) is 16.0. The van der Waals surface area contributed by atoms with Crippen molar-refractivity contribution in [1.29, 1.82) is 0 Å². The highest BCUT2D eigenvalue weighted by molar-refractivity contribution is 7.92. The smallest absolute Gasteiger partial charge is 0.261 e. The maximum absolute atomic E-state index is 12.8. The predicted octanol–water partition coefficient (Wildman–Crippen LogP) is 5.23. The monoisotopic (exact) mass is 466 g/mol. The van der Waals surface area contributed by atoms with Crippen molar-refractivity contribution in [2.75, 3.05) is 24.9 Å². The second kappa shape index (κ2) is 9.47. The molecule has 7 heteroatoms. The van der Waals surface area contributed by atoms with E-state index < -0.39 is 10.0 Å². The maximum atomic E-state index is 12.8. The van der Waals surface area contributed by atoms with Crippen LogP contribution < -0.4 is 4.72 Å². The summed E-state index contributed by atoms with van der Waals surface area (Å²) in [7, 11) is -1.44. The minimum atomic E-state index is -3.62. The number of anilines is 1. The molecule has 176 valence electrons. The largest absolute Gasteiger partial charge is 0.327 e. The van der Waals surface area contributed by atoms with Gasteiger partial charge in [-0.15, -0.1) is 0 Å². The van der Waals surface area contributed by atoms with Crippen molar-refractivity contribution in [3.8, 4) is 0 Å². The number of benzene rings is 2. The highest BCUT2D eigenvalue weighted by Gasteiger charge is 2.26. The Hall–Kier alpha value is -2.38. The van der Waals surface area contributed by atoms with Crippen LogP contribution in [-0.4, -0.2) is 43.0 Å². The van der Waals surface area contributed by atoms with Gasteiger partial charge in [-0.2, -0.15) is 0 Å². The van der Waals surface area contributed by atoms with Gasteiger partial charge >= 0.3 is 0 Å². The summed E-state index contributed by atoms with van der Waals surface area (Å²) in [5.74, 6) is 2.35. The van der Waals surface area contributed by atoms with Crippen LogP contribution in [0.15, 0.2) is 53.4 Å². The highest BCUT2D eigenvalue weighted by Crippen LogP contribution is 2.34. The lowest BCUT2D eigenvalue weighted by Crippen LogP contribution is -2.30. The molecule has 1 saturated carbocycles. The van der Waals surface area contributed by atoms with Crippen molar-refractivity contribution in [2.45, 2.75) is 62.3 Å². The summed E-state index contributed by atoms with van der Waals surface area (Å²) in [6, 6.07) is 14.3. The summed E-state index contributed by atoms with van der Waals surface area (Å²) in [4.78, 5) is 7.75. The van der Waals surface area contributed by atoms with Crippen molar-refractivity contribution < 1.29 is 8.42 Å². The Morgan fingerprint density at radius 1 is 0.970 bits per heavy atom. The third kappa shape index (κ3) is 4.94. The molecule has 2 aromatic carbocycles. The lowest BCUT2D eigenvalue weighted by atomic mass is 9.89. The van der Waals surface area contributed by atoms with E-state index in [1.807, 2.05) is 24.3 Å².